The highest BCUT2D eigenvalue weighted by molar-refractivity contribution is 5.77. The van der Waals surface area contributed by atoms with Crippen molar-refractivity contribution in [2.45, 2.75) is 90.4 Å². The van der Waals surface area contributed by atoms with Crippen molar-refractivity contribution in [1.29, 1.82) is 0 Å². The van der Waals surface area contributed by atoms with Crippen molar-refractivity contribution < 1.29 is 23.5 Å². The van der Waals surface area contributed by atoms with Gasteiger partial charge in [0.2, 0.25) is 0 Å². The second kappa shape index (κ2) is 17.0. The molecule has 0 spiro atoms. The molecule has 0 radical (unpaired) electrons. The highest BCUT2D eigenvalue weighted by Crippen LogP contribution is 2.11. The van der Waals surface area contributed by atoms with Gasteiger partial charge in [0.15, 0.2) is 0 Å². The minimum atomic E-state index is -0.461. The van der Waals surface area contributed by atoms with Crippen LogP contribution in [0.1, 0.15) is 89.5 Å². The number of halogens is 1. The number of carbonyl (C=O) groups excluding carboxylic acids is 2. The number of carbonyl (C=O) groups is 2. The minimum Gasteiger partial charge on any atom is -0.466 e. The van der Waals surface area contributed by atoms with Gasteiger partial charge in [0.05, 0.1) is 26.1 Å². The smallest absolute Gasteiger partial charge is 0.306 e. The molecule has 0 aliphatic rings. The van der Waals surface area contributed by atoms with Gasteiger partial charge in [-0.3, -0.25) is 9.59 Å². The molecule has 0 amide bonds. The predicted octanol–water partition coefficient (Wildman–Crippen LogP) is 6.16. The normalized spacial score (nSPS) is 10.7. The molecule has 0 heterocycles. The average Bonchev–Trinajstić information content (AvgIpc) is 2.72. The Morgan fingerprint density at radius 3 is 1.86 bits per heavy atom. The van der Waals surface area contributed by atoms with Crippen LogP contribution >= 0.6 is 0 Å². The quantitative estimate of drug-likeness (QED) is 0.229. The molecule has 164 valence electrons. The summed E-state index contributed by atoms with van der Waals surface area (Å²) in [6.07, 6.45) is 12.7. The van der Waals surface area contributed by atoms with E-state index in [1.165, 1.54) is 57.4 Å². The van der Waals surface area contributed by atoms with Gasteiger partial charge in [0.1, 0.15) is 5.82 Å². The molecule has 1 aromatic carbocycles. The summed E-state index contributed by atoms with van der Waals surface area (Å²) in [6, 6.07) is 6.40. The van der Waals surface area contributed by atoms with Crippen LogP contribution in [0.5, 0.6) is 0 Å². The predicted molar refractivity (Wildman–Crippen MR) is 113 cm³/mol. The molecule has 5 heteroatoms. The van der Waals surface area contributed by atoms with Gasteiger partial charge >= 0.3 is 11.9 Å². The molecule has 4 nitrogen and oxygen atoms in total. The van der Waals surface area contributed by atoms with E-state index in [0.717, 1.165) is 12.8 Å². The number of hydrogen-bond acceptors (Lipinski definition) is 4. The molecule has 0 aromatic heterocycles. The lowest BCUT2D eigenvalue weighted by Gasteiger charge is -2.07. The van der Waals surface area contributed by atoms with Gasteiger partial charge < -0.3 is 9.47 Å². The number of esters is 2. The van der Waals surface area contributed by atoms with Crippen molar-refractivity contribution in [3.63, 3.8) is 0 Å². The summed E-state index contributed by atoms with van der Waals surface area (Å²) in [7, 11) is 0. The summed E-state index contributed by atoms with van der Waals surface area (Å²) in [5.74, 6) is -1.14. The standard InChI is InChI=1S/C24H37FO4/c1-2-3-4-5-6-7-8-9-10-13-19-28-23(26)16-17-24(27)29-20-18-21-14-11-12-15-22(21)25/h11-12,14-15H,2-10,13,16-20H2,1H3. The van der Waals surface area contributed by atoms with E-state index in [9.17, 15) is 14.0 Å². The van der Waals surface area contributed by atoms with Gasteiger partial charge in [-0.15, -0.1) is 0 Å². The Morgan fingerprint density at radius 1 is 0.759 bits per heavy atom. The maximum absolute atomic E-state index is 13.5. The topological polar surface area (TPSA) is 52.6 Å². The molecular weight excluding hydrogens is 371 g/mol. The molecule has 0 unspecified atom stereocenters. The van der Waals surface area contributed by atoms with Crippen LogP contribution in [0.15, 0.2) is 24.3 Å². The van der Waals surface area contributed by atoms with E-state index in [0.29, 0.717) is 18.6 Å². The van der Waals surface area contributed by atoms with Gasteiger partial charge in [0.25, 0.3) is 0 Å². The van der Waals surface area contributed by atoms with Gasteiger partial charge in [-0.2, -0.15) is 0 Å². The Morgan fingerprint density at radius 2 is 1.28 bits per heavy atom. The van der Waals surface area contributed by atoms with Crippen molar-refractivity contribution in [1.82, 2.24) is 0 Å². The lowest BCUT2D eigenvalue weighted by Crippen LogP contribution is -2.12. The second-order valence-electron chi connectivity index (χ2n) is 7.46. The van der Waals surface area contributed by atoms with Gasteiger partial charge in [-0.1, -0.05) is 82.9 Å². The number of benzene rings is 1. The molecule has 1 aromatic rings. The van der Waals surface area contributed by atoms with E-state index in [4.69, 9.17) is 9.47 Å². The SMILES string of the molecule is CCCCCCCCCCCCOC(=O)CCC(=O)OCCc1ccccc1F. The first-order valence-corrected chi connectivity index (χ1v) is 11.2. The van der Waals surface area contributed by atoms with Crippen molar-refractivity contribution in [3.05, 3.63) is 35.6 Å². The Balaban J connectivity index is 1.92. The zero-order chi connectivity index (χ0) is 21.2. The molecule has 0 bridgehead atoms. The third-order valence-corrected chi connectivity index (χ3v) is 4.89. The number of unbranched alkanes of at least 4 members (excludes halogenated alkanes) is 9. The first-order chi connectivity index (χ1) is 14.1. The van der Waals surface area contributed by atoms with Crippen LogP contribution in [-0.2, 0) is 25.5 Å². The molecule has 1 rings (SSSR count). The number of rotatable bonds is 17. The molecule has 0 saturated heterocycles. The van der Waals surface area contributed by atoms with E-state index in [2.05, 4.69) is 6.92 Å². The zero-order valence-corrected chi connectivity index (χ0v) is 17.9. The highest BCUT2D eigenvalue weighted by Gasteiger charge is 2.10. The van der Waals surface area contributed by atoms with Crippen LogP contribution in [-0.4, -0.2) is 25.2 Å². The lowest BCUT2D eigenvalue weighted by molar-refractivity contribution is -0.150. The Kier molecular flexibility index (Phi) is 14.7. The van der Waals surface area contributed by atoms with Crippen LogP contribution in [0, 0.1) is 5.82 Å². The van der Waals surface area contributed by atoms with Crippen molar-refractivity contribution in [2.24, 2.45) is 0 Å². The summed E-state index contributed by atoms with van der Waals surface area (Å²) in [5, 5.41) is 0. The van der Waals surface area contributed by atoms with Crippen molar-refractivity contribution in [2.75, 3.05) is 13.2 Å². The van der Waals surface area contributed by atoms with Crippen molar-refractivity contribution in [3.8, 4) is 0 Å². The van der Waals surface area contributed by atoms with E-state index in [1.54, 1.807) is 18.2 Å². The Bertz CT molecular complexity index is 574. The second-order valence-corrected chi connectivity index (χ2v) is 7.46. The molecule has 0 N–H and O–H groups in total. The first kappa shape index (κ1) is 25.1. The van der Waals surface area contributed by atoms with Gasteiger partial charge in [0, 0.05) is 6.42 Å². The maximum Gasteiger partial charge on any atom is 0.306 e. The largest absolute Gasteiger partial charge is 0.466 e. The molecule has 0 atom stereocenters. The van der Waals surface area contributed by atoms with Crippen LogP contribution in [0.2, 0.25) is 0 Å². The lowest BCUT2D eigenvalue weighted by atomic mass is 10.1. The zero-order valence-electron chi connectivity index (χ0n) is 17.9. The molecule has 0 saturated carbocycles. The molecule has 0 aliphatic carbocycles. The summed E-state index contributed by atoms with van der Waals surface area (Å²) in [4.78, 5) is 23.3. The molecule has 0 fully saturated rings. The maximum atomic E-state index is 13.5. The highest BCUT2D eigenvalue weighted by atomic mass is 19.1. The number of hydrogen-bond donors (Lipinski definition) is 0. The summed E-state index contributed by atoms with van der Waals surface area (Å²) >= 11 is 0. The number of ether oxygens (including phenoxy) is 2. The first-order valence-electron chi connectivity index (χ1n) is 11.2. The van der Waals surface area contributed by atoms with Gasteiger partial charge in [-0.25, -0.2) is 4.39 Å². The summed E-state index contributed by atoms with van der Waals surface area (Å²) in [6.45, 7) is 2.75. The van der Waals surface area contributed by atoms with Crippen LogP contribution < -0.4 is 0 Å². The van der Waals surface area contributed by atoms with Gasteiger partial charge in [-0.05, 0) is 18.1 Å². The molecule has 29 heavy (non-hydrogen) atoms. The van der Waals surface area contributed by atoms with E-state index < -0.39 is 5.97 Å². The monoisotopic (exact) mass is 408 g/mol. The fraction of sp³-hybridized carbons (Fsp3) is 0.667. The summed E-state index contributed by atoms with van der Waals surface area (Å²) in [5.41, 5.74) is 0.510. The fourth-order valence-electron chi connectivity index (χ4n) is 3.10. The molecular formula is C24H37FO4. The van der Waals surface area contributed by atoms with E-state index in [1.807, 2.05) is 0 Å². The van der Waals surface area contributed by atoms with E-state index >= 15 is 0 Å². The van der Waals surface area contributed by atoms with Crippen LogP contribution in [0.4, 0.5) is 4.39 Å². The Labute approximate surface area is 175 Å². The van der Waals surface area contributed by atoms with Crippen LogP contribution in [0.25, 0.3) is 0 Å². The Hall–Kier alpha value is -1.91. The third kappa shape index (κ3) is 13.8. The van der Waals surface area contributed by atoms with Crippen molar-refractivity contribution >= 4 is 11.9 Å². The molecule has 0 aliphatic heterocycles. The van der Waals surface area contributed by atoms with E-state index in [-0.39, 0.29) is 31.2 Å². The summed E-state index contributed by atoms with van der Waals surface area (Å²) < 4.78 is 23.7. The minimum absolute atomic E-state index is 0.00582. The fourth-order valence-corrected chi connectivity index (χ4v) is 3.10. The van der Waals surface area contributed by atoms with Crippen LogP contribution in [0.3, 0.4) is 0 Å². The third-order valence-electron chi connectivity index (χ3n) is 4.89. The average molecular weight is 409 g/mol.